The molecule has 1 aliphatic rings. The first-order valence-electron chi connectivity index (χ1n) is 5.90. The molecule has 1 fully saturated rings. The van der Waals surface area contributed by atoms with Gasteiger partial charge < -0.3 is 5.11 Å². The lowest BCUT2D eigenvalue weighted by Crippen LogP contribution is -2.14. The van der Waals surface area contributed by atoms with Gasteiger partial charge in [0.1, 0.15) is 6.42 Å². The Hall–Kier alpha value is -2.19. The van der Waals surface area contributed by atoms with Crippen LogP contribution in [0.25, 0.3) is 5.78 Å². The number of rotatable bonds is 3. The van der Waals surface area contributed by atoms with Crippen LogP contribution in [-0.4, -0.2) is 30.7 Å². The molecule has 2 aromatic heterocycles. The molecule has 0 unspecified atom stereocenters. The summed E-state index contributed by atoms with van der Waals surface area (Å²) in [7, 11) is 0. The van der Waals surface area contributed by atoms with Gasteiger partial charge in [0, 0.05) is 11.6 Å². The molecule has 6 nitrogen and oxygen atoms in total. The highest BCUT2D eigenvalue weighted by Gasteiger charge is 2.37. The number of carbonyl (C=O) groups is 1. The lowest BCUT2D eigenvalue weighted by molar-refractivity contribution is -0.142. The smallest absolute Gasteiger partial charge is 0.433 e. The molecule has 106 valence electrons. The molecule has 2 heterocycles. The van der Waals surface area contributed by atoms with Crippen LogP contribution in [0.1, 0.15) is 36.0 Å². The van der Waals surface area contributed by atoms with Gasteiger partial charge in [-0.05, 0) is 18.9 Å². The van der Waals surface area contributed by atoms with Crippen molar-refractivity contribution in [3.05, 3.63) is 23.3 Å². The van der Waals surface area contributed by atoms with Gasteiger partial charge in [0.25, 0.3) is 5.78 Å². The second-order valence-corrected chi connectivity index (χ2v) is 4.65. The van der Waals surface area contributed by atoms with Gasteiger partial charge in [-0.2, -0.15) is 22.7 Å². The van der Waals surface area contributed by atoms with Gasteiger partial charge in [-0.25, -0.2) is 4.98 Å². The Bertz CT molecular complexity index is 691. The van der Waals surface area contributed by atoms with E-state index in [0.717, 1.165) is 18.9 Å². The lowest BCUT2D eigenvalue weighted by atomic mass is 10.2. The molecule has 0 saturated heterocycles. The van der Waals surface area contributed by atoms with Crippen molar-refractivity contribution in [2.45, 2.75) is 31.4 Å². The highest BCUT2D eigenvalue weighted by atomic mass is 19.4. The third-order valence-electron chi connectivity index (χ3n) is 2.97. The maximum Gasteiger partial charge on any atom is 0.433 e. The average Bonchev–Trinajstić information content (AvgIpc) is 3.07. The second kappa shape index (κ2) is 4.15. The number of carboxylic acid groups (broad SMARTS) is 1. The van der Waals surface area contributed by atoms with Crippen LogP contribution in [0.3, 0.4) is 0 Å². The van der Waals surface area contributed by atoms with Crippen molar-refractivity contribution < 1.29 is 23.1 Å². The first-order valence-corrected chi connectivity index (χ1v) is 5.90. The Labute approximate surface area is 110 Å². The number of carboxylic acids is 1. The quantitative estimate of drug-likeness (QED) is 0.927. The molecule has 0 aromatic carbocycles. The first kappa shape index (κ1) is 12.8. The number of aliphatic carboxylic acids is 1. The van der Waals surface area contributed by atoms with Crippen molar-refractivity contribution in [3.8, 4) is 0 Å². The Morgan fingerprint density at radius 3 is 2.65 bits per heavy atom. The van der Waals surface area contributed by atoms with E-state index in [0.29, 0.717) is 10.2 Å². The molecule has 0 aliphatic heterocycles. The number of aromatic nitrogens is 4. The fraction of sp³-hybridized carbons (Fsp3) is 0.455. The van der Waals surface area contributed by atoms with E-state index in [1.807, 2.05) is 0 Å². The predicted octanol–water partition coefficient (Wildman–Crippen LogP) is 1.65. The summed E-state index contributed by atoms with van der Waals surface area (Å²) in [5.74, 6) is -1.58. The van der Waals surface area contributed by atoms with Crippen molar-refractivity contribution in [2.24, 2.45) is 0 Å². The fourth-order valence-electron chi connectivity index (χ4n) is 1.93. The third kappa shape index (κ3) is 2.30. The summed E-state index contributed by atoms with van der Waals surface area (Å²) in [6, 6.07) is 0.962. The van der Waals surface area contributed by atoms with Crippen LogP contribution >= 0.6 is 0 Å². The number of hydrogen-bond donors (Lipinski definition) is 1. The maximum atomic E-state index is 13.0. The predicted molar refractivity (Wildman–Crippen MR) is 59.1 cm³/mol. The molecule has 1 aliphatic carbocycles. The van der Waals surface area contributed by atoms with Gasteiger partial charge in [-0.1, -0.05) is 0 Å². The molecular weight excluding hydrogens is 277 g/mol. The van der Waals surface area contributed by atoms with Gasteiger partial charge in [-0.3, -0.25) is 4.79 Å². The Morgan fingerprint density at radius 2 is 2.10 bits per heavy atom. The standard InChI is InChI=1S/C11H9F3N4O2/c12-11(13,14)7-3-6(5-1-2-5)15-10-16-8(4-9(19)20)17-18(7)10/h3,5H,1-2,4H2,(H,19,20). The average molecular weight is 286 g/mol. The SMILES string of the molecule is O=C(O)Cc1nc2nc(C3CC3)cc(C(F)(F)F)n2n1. The van der Waals surface area contributed by atoms with Crippen LogP contribution in [0.2, 0.25) is 0 Å². The second-order valence-electron chi connectivity index (χ2n) is 4.65. The van der Waals surface area contributed by atoms with Gasteiger partial charge in [0.2, 0.25) is 0 Å². The van der Waals surface area contributed by atoms with Crippen LogP contribution in [-0.2, 0) is 17.4 Å². The molecule has 3 rings (SSSR count). The summed E-state index contributed by atoms with van der Waals surface area (Å²) < 4.78 is 39.6. The molecule has 0 bridgehead atoms. The van der Waals surface area contributed by atoms with E-state index in [2.05, 4.69) is 15.1 Å². The molecule has 9 heteroatoms. The minimum absolute atomic E-state index is 0.0284. The normalized spacial score (nSPS) is 15.8. The molecular formula is C11H9F3N4O2. The molecule has 1 N–H and O–H groups in total. The van der Waals surface area contributed by atoms with E-state index in [-0.39, 0.29) is 17.5 Å². The minimum atomic E-state index is -4.60. The van der Waals surface area contributed by atoms with Gasteiger partial charge >= 0.3 is 12.1 Å². The number of halogens is 3. The largest absolute Gasteiger partial charge is 0.481 e. The zero-order valence-electron chi connectivity index (χ0n) is 10.1. The van der Waals surface area contributed by atoms with Crippen molar-refractivity contribution >= 4 is 11.7 Å². The summed E-state index contributed by atoms with van der Waals surface area (Å²) in [6.45, 7) is 0. The van der Waals surface area contributed by atoms with Gasteiger partial charge in [0.05, 0.1) is 0 Å². The molecule has 1 saturated carbocycles. The monoisotopic (exact) mass is 286 g/mol. The van der Waals surface area contributed by atoms with Gasteiger partial charge in [0.15, 0.2) is 11.5 Å². The summed E-state index contributed by atoms with van der Waals surface area (Å²) in [4.78, 5) is 18.4. The maximum absolute atomic E-state index is 13.0. The van der Waals surface area contributed by atoms with E-state index >= 15 is 0 Å². The fourth-order valence-corrected chi connectivity index (χ4v) is 1.93. The van der Waals surface area contributed by atoms with E-state index in [1.165, 1.54) is 0 Å². The van der Waals surface area contributed by atoms with Crippen LogP contribution in [0.15, 0.2) is 6.07 Å². The highest BCUT2D eigenvalue weighted by Crippen LogP contribution is 2.41. The summed E-state index contributed by atoms with van der Waals surface area (Å²) in [6.07, 6.45) is -3.54. The Kier molecular flexibility index (Phi) is 2.66. The van der Waals surface area contributed by atoms with Crippen molar-refractivity contribution in [1.82, 2.24) is 19.6 Å². The number of fused-ring (bicyclic) bond motifs is 1. The molecule has 20 heavy (non-hydrogen) atoms. The molecule has 0 amide bonds. The number of nitrogens with zero attached hydrogens (tertiary/aromatic N) is 4. The molecule has 2 aromatic rings. The lowest BCUT2D eigenvalue weighted by Gasteiger charge is -2.09. The number of alkyl halides is 3. The zero-order valence-corrected chi connectivity index (χ0v) is 10.1. The first-order chi connectivity index (χ1) is 9.34. The van der Waals surface area contributed by atoms with E-state index < -0.39 is 24.3 Å². The van der Waals surface area contributed by atoms with Crippen LogP contribution in [0.5, 0.6) is 0 Å². The number of hydrogen-bond acceptors (Lipinski definition) is 4. The summed E-state index contributed by atoms with van der Waals surface area (Å²) in [5, 5.41) is 12.2. The van der Waals surface area contributed by atoms with Crippen molar-refractivity contribution in [3.63, 3.8) is 0 Å². The van der Waals surface area contributed by atoms with Crippen LogP contribution in [0, 0.1) is 0 Å². The van der Waals surface area contributed by atoms with Crippen LogP contribution in [0.4, 0.5) is 13.2 Å². The molecule has 0 atom stereocenters. The minimum Gasteiger partial charge on any atom is -0.481 e. The zero-order chi connectivity index (χ0) is 14.5. The molecule has 0 radical (unpaired) electrons. The molecule has 0 spiro atoms. The van der Waals surface area contributed by atoms with Crippen molar-refractivity contribution in [1.29, 1.82) is 0 Å². The highest BCUT2D eigenvalue weighted by molar-refractivity contribution is 5.69. The van der Waals surface area contributed by atoms with E-state index in [9.17, 15) is 18.0 Å². The van der Waals surface area contributed by atoms with Gasteiger partial charge in [-0.15, -0.1) is 5.10 Å². The third-order valence-corrected chi connectivity index (χ3v) is 2.97. The van der Waals surface area contributed by atoms with Crippen LogP contribution < -0.4 is 0 Å². The Morgan fingerprint density at radius 1 is 1.40 bits per heavy atom. The van der Waals surface area contributed by atoms with E-state index in [4.69, 9.17) is 5.11 Å². The van der Waals surface area contributed by atoms with Crippen molar-refractivity contribution in [2.75, 3.05) is 0 Å². The van der Waals surface area contributed by atoms with E-state index in [1.54, 1.807) is 0 Å². The summed E-state index contributed by atoms with van der Waals surface area (Å²) >= 11 is 0. The topological polar surface area (TPSA) is 80.4 Å². The Balaban J connectivity index is 2.17. The summed E-state index contributed by atoms with van der Waals surface area (Å²) in [5.41, 5.74) is -0.646.